The Kier molecular flexibility index (Phi) is 4.93. The van der Waals surface area contributed by atoms with E-state index in [4.69, 9.17) is 0 Å². The topological polar surface area (TPSA) is 76.0 Å². The van der Waals surface area contributed by atoms with E-state index in [2.05, 4.69) is 15.7 Å². The van der Waals surface area contributed by atoms with Crippen molar-refractivity contribution in [1.29, 1.82) is 0 Å². The highest BCUT2D eigenvalue weighted by atomic mass is 16.2. The first-order chi connectivity index (χ1) is 13.6. The van der Waals surface area contributed by atoms with Crippen molar-refractivity contribution in [1.82, 2.24) is 15.1 Å². The summed E-state index contributed by atoms with van der Waals surface area (Å²) >= 11 is 0. The van der Waals surface area contributed by atoms with Crippen molar-refractivity contribution in [2.75, 3.05) is 5.32 Å². The van der Waals surface area contributed by atoms with Gasteiger partial charge in [-0.2, -0.15) is 5.10 Å². The third-order valence-electron chi connectivity index (χ3n) is 4.84. The highest BCUT2D eigenvalue weighted by Gasteiger charge is 2.30. The van der Waals surface area contributed by atoms with Crippen LogP contribution in [0.4, 0.5) is 5.82 Å². The van der Waals surface area contributed by atoms with Crippen LogP contribution < -0.4 is 10.6 Å². The Morgan fingerprint density at radius 2 is 1.79 bits per heavy atom. The fourth-order valence-corrected chi connectivity index (χ4v) is 3.00. The van der Waals surface area contributed by atoms with E-state index in [1.54, 1.807) is 10.7 Å². The maximum atomic E-state index is 12.7. The number of aryl methyl sites for hydroxylation is 1. The van der Waals surface area contributed by atoms with Gasteiger partial charge in [-0.25, -0.2) is 4.68 Å². The van der Waals surface area contributed by atoms with E-state index < -0.39 is 0 Å². The van der Waals surface area contributed by atoms with E-state index in [0.29, 0.717) is 12.4 Å². The van der Waals surface area contributed by atoms with Gasteiger partial charge in [-0.1, -0.05) is 42.5 Å². The van der Waals surface area contributed by atoms with E-state index in [9.17, 15) is 9.59 Å². The van der Waals surface area contributed by atoms with Crippen molar-refractivity contribution in [3.63, 3.8) is 0 Å². The van der Waals surface area contributed by atoms with Crippen LogP contribution in [0.25, 0.3) is 5.69 Å². The SMILES string of the molecule is Cc1ccccc1CNC(=O)c1cc(NC(=O)C2CC2)n(-c2ccccc2)n1. The van der Waals surface area contributed by atoms with E-state index in [0.717, 1.165) is 29.7 Å². The fraction of sp³-hybridized carbons (Fsp3) is 0.227. The van der Waals surface area contributed by atoms with Crippen molar-refractivity contribution >= 4 is 17.6 Å². The second kappa shape index (κ2) is 7.68. The Morgan fingerprint density at radius 1 is 1.07 bits per heavy atom. The highest BCUT2D eigenvalue weighted by Crippen LogP contribution is 2.30. The van der Waals surface area contributed by atoms with Crippen molar-refractivity contribution in [2.24, 2.45) is 5.92 Å². The molecule has 0 aliphatic heterocycles. The minimum atomic E-state index is -0.278. The fourth-order valence-electron chi connectivity index (χ4n) is 3.00. The van der Waals surface area contributed by atoms with Crippen LogP contribution >= 0.6 is 0 Å². The lowest BCUT2D eigenvalue weighted by Gasteiger charge is -2.08. The summed E-state index contributed by atoms with van der Waals surface area (Å²) in [4.78, 5) is 24.9. The zero-order valence-corrected chi connectivity index (χ0v) is 15.7. The monoisotopic (exact) mass is 374 g/mol. The number of rotatable bonds is 6. The number of carbonyl (C=O) groups is 2. The number of hydrogen-bond acceptors (Lipinski definition) is 3. The molecular formula is C22H22N4O2. The van der Waals surface area contributed by atoms with Gasteiger partial charge in [0, 0.05) is 18.5 Å². The summed E-state index contributed by atoms with van der Waals surface area (Å²) in [6.45, 7) is 2.44. The average Bonchev–Trinajstić information content (AvgIpc) is 3.49. The first-order valence-electron chi connectivity index (χ1n) is 9.41. The van der Waals surface area contributed by atoms with Gasteiger partial charge < -0.3 is 10.6 Å². The Labute approximate surface area is 163 Å². The number of para-hydroxylation sites is 1. The molecule has 3 aromatic rings. The lowest BCUT2D eigenvalue weighted by molar-refractivity contribution is -0.117. The largest absolute Gasteiger partial charge is 0.347 e. The molecule has 6 nitrogen and oxygen atoms in total. The summed E-state index contributed by atoms with van der Waals surface area (Å²) in [5.41, 5.74) is 3.23. The van der Waals surface area contributed by atoms with Crippen LogP contribution in [-0.4, -0.2) is 21.6 Å². The molecule has 0 bridgehead atoms. The molecule has 1 aliphatic rings. The first kappa shape index (κ1) is 18.0. The van der Waals surface area contributed by atoms with Crippen molar-refractivity contribution in [3.05, 3.63) is 77.5 Å². The van der Waals surface area contributed by atoms with Crippen LogP contribution in [0.3, 0.4) is 0 Å². The molecule has 142 valence electrons. The molecule has 0 unspecified atom stereocenters. The maximum Gasteiger partial charge on any atom is 0.272 e. The minimum absolute atomic E-state index is 0.0241. The predicted octanol–water partition coefficient (Wildman–Crippen LogP) is 3.46. The van der Waals surface area contributed by atoms with Gasteiger partial charge in [-0.3, -0.25) is 9.59 Å². The lowest BCUT2D eigenvalue weighted by Crippen LogP contribution is -2.23. The number of benzene rings is 2. The van der Waals surface area contributed by atoms with Crippen LogP contribution in [-0.2, 0) is 11.3 Å². The predicted molar refractivity (Wildman–Crippen MR) is 107 cm³/mol. The second-order valence-electron chi connectivity index (χ2n) is 7.03. The zero-order valence-electron chi connectivity index (χ0n) is 15.7. The summed E-state index contributed by atoms with van der Waals surface area (Å²) < 4.78 is 1.60. The maximum absolute atomic E-state index is 12.7. The summed E-state index contributed by atoms with van der Waals surface area (Å²) in [6.07, 6.45) is 1.82. The van der Waals surface area contributed by atoms with E-state index >= 15 is 0 Å². The smallest absolute Gasteiger partial charge is 0.272 e. The van der Waals surface area contributed by atoms with Gasteiger partial charge in [-0.05, 0) is 43.0 Å². The normalized spacial score (nSPS) is 13.2. The van der Waals surface area contributed by atoms with E-state index in [-0.39, 0.29) is 23.4 Å². The highest BCUT2D eigenvalue weighted by molar-refractivity contribution is 5.97. The molecule has 1 fully saturated rings. The van der Waals surface area contributed by atoms with E-state index in [1.165, 1.54) is 0 Å². The summed E-state index contributed by atoms with van der Waals surface area (Å²) in [5.74, 6) is 0.269. The molecule has 2 N–H and O–H groups in total. The zero-order chi connectivity index (χ0) is 19.5. The van der Waals surface area contributed by atoms with Gasteiger partial charge in [0.1, 0.15) is 5.82 Å². The van der Waals surface area contributed by atoms with Gasteiger partial charge in [0.15, 0.2) is 5.69 Å². The molecule has 4 rings (SSSR count). The van der Waals surface area contributed by atoms with Crippen LogP contribution in [0, 0.1) is 12.8 Å². The molecule has 2 aromatic carbocycles. The molecule has 28 heavy (non-hydrogen) atoms. The van der Waals surface area contributed by atoms with Crippen LogP contribution in [0.1, 0.15) is 34.5 Å². The summed E-state index contributed by atoms with van der Waals surface area (Å²) in [6, 6.07) is 19.0. The number of amides is 2. The molecule has 0 atom stereocenters. The minimum Gasteiger partial charge on any atom is -0.347 e. The van der Waals surface area contributed by atoms with Crippen LogP contribution in [0.5, 0.6) is 0 Å². The molecule has 0 saturated heterocycles. The van der Waals surface area contributed by atoms with Crippen LogP contribution in [0.15, 0.2) is 60.7 Å². The molecular weight excluding hydrogens is 352 g/mol. The molecule has 1 aromatic heterocycles. The Hall–Kier alpha value is -3.41. The van der Waals surface area contributed by atoms with Crippen molar-refractivity contribution < 1.29 is 9.59 Å². The van der Waals surface area contributed by atoms with Gasteiger partial charge >= 0.3 is 0 Å². The number of nitrogens with zero attached hydrogens (tertiary/aromatic N) is 2. The third-order valence-corrected chi connectivity index (χ3v) is 4.84. The molecule has 1 saturated carbocycles. The van der Waals surface area contributed by atoms with Crippen molar-refractivity contribution in [2.45, 2.75) is 26.3 Å². The summed E-state index contributed by atoms with van der Waals surface area (Å²) in [7, 11) is 0. The lowest BCUT2D eigenvalue weighted by atomic mass is 10.1. The first-order valence-corrected chi connectivity index (χ1v) is 9.41. The van der Waals surface area contributed by atoms with Gasteiger partial charge in [0.25, 0.3) is 5.91 Å². The van der Waals surface area contributed by atoms with Gasteiger partial charge in [-0.15, -0.1) is 0 Å². The third kappa shape index (κ3) is 3.96. The second-order valence-corrected chi connectivity index (χ2v) is 7.03. The van der Waals surface area contributed by atoms with Crippen LogP contribution in [0.2, 0.25) is 0 Å². The Bertz CT molecular complexity index is 1010. The number of hydrogen-bond donors (Lipinski definition) is 2. The van der Waals surface area contributed by atoms with Gasteiger partial charge in [0.05, 0.1) is 5.69 Å². The standard InChI is InChI=1S/C22H22N4O2/c1-15-7-5-6-8-17(15)14-23-22(28)19-13-20(24-21(27)16-11-12-16)26(25-19)18-9-3-2-4-10-18/h2-10,13,16H,11-12,14H2,1H3,(H,23,28)(H,24,27). The Balaban J connectivity index is 1.56. The average molecular weight is 374 g/mol. The molecule has 2 amide bonds. The molecule has 1 heterocycles. The van der Waals surface area contributed by atoms with Crippen molar-refractivity contribution in [3.8, 4) is 5.69 Å². The number of aromatic nitrogens is 2. The number of anilines is 1. The summed E-state index contributed by atoms with van der Waals surface area (Å²) in [5, 5.41) is 10.3. The molecule has 1 aliphatic carbocycles. The molecule has 0 radical (unpaired) electrons. The number of nitrogens with one attached hydrogen (secondary N) is 2. The van der Waals surface area contributed by atoms with E-state index in [1.807, 2.05) is 61.5 Å². The quantitative estimate of drug-likeness (QED) is 0.694. The van der Waals surface area contributed by atoms with Gasteiger partial charge in [0.2, 0.25) is 5.91 Å². The molecule has 6 heteroatoms. The number of carbonyl (C=O) groups excluding carboxylic acids is 2. The Morgan fingerprint density at radius 3 is 2.50 bits per heavy atom. The molecule has 0 spiro atoms.